The van der Waals surface area contributed by atoms with Crippen molar-refractivity contribution in [3.8, 4) is 0 Å². The number of benzene rings is 1. The Kier molecular flexibility index (Phi) is 2.91. The van der Waals surface area contributed by atoms with E-state index in [-0.39, 0.29) is 13.0 Å². The van der Waals surface area contributed by atoms with E-state index in [2.05, 4.69) is 5.32 Å². The van der Waals surface area contributed by atoms with Crippen LogP contribution in [0.15, 0.2) is 24.3 Å². The largest absolute Gasteiger partial charge is 0.331 e. The molecule has 88 valence electrons. The average Bonchev–Trinajstić information content (AvgIpc) is 2.26. The number of aryl methyl sites for hydroxylation is 1. The van der Waals surface area contributed by atoms with Crippen molar-refractivity contribution in [2.45, 2.75) is 19.9 Å². The molecular weight excluding hydrogens is 220 g/mol. The molecule has 0 aliphatic carbocycles. The molecule has 5 nitrogen and oxygen atoms in total. The number of rotatable bonds is 2. The number of hydrogen-bond acceptors (Lipinski definition) is 3. The standard InChI is InChI=1S/C12H12N2O3/c1-8-2-4-9(5-3-8)7-14-11(16)6-10(15)13-12(14)17/h2-5H,6-7H2,1H3,(H,13,15,17). The van der Waals surface area contributed by atoms with Crippen LogP contribution >= 0.6 is 0 Å². The van der Waals surface area contributed by atoms with Crippen LogP contribution in [0.25, 0.3) is 0 Å². The zero-order chi connectivity index (χ0) is 12.4. The Morgan fingerprint density at radius 1 is 1.18 bits per heavy atom. The van der Waals surface area contributed by atoms with Gasteiger partial charge in [-0.15, -0.1) is 0 Å². The van der Waals surface area contributed by atoms with Gasteiger partial charge in [0.05, 0.1) is 6.54 Å². The number of amides is 4. The molecule has 0 saturated carbocycles. The summed E-state index contributed by atoms with van der Waals surface area (Å²) in [7, 11) is 0. The summed E-state index contributed by atoms with van der Waals surface area (Å²) in [6.07, 6.45) is -0.266. The molecule has 1 N–H and O–H groups in total. The summed E-state index contributed by atoms with van der Waals surface area (Å²) in [5.74, 6) is -1.00. The lowest BCUT2D eigenvalue weighted by Gasteiger charge is -2.24. The lowest BCUT2D eigenvalue weighted by molar-refractivity contribution is -0.136. The molecule has 5 heteroatoms. The van der Waals surface area contributed by atoms with Crippen LogP contribution in [0.1, 0.15) is 17.5 Å². The van der Waals surface area contributed by atoms with Gasteiger partial charge in [-0.25, -0.2) is 4.79 Å². The van der Waals surface area contributed by atoms with Crippen LogP contribution in [-0.2, 0) is 16.1 Å². The Morgan fingerprint density at radius 3 is 2.41 bits per heavy atom. The molecule has 1 fully saturated rings. The summed E-state index contributed by atoms with van der Waals surface area (Å²) in [5, 5.41) is 2.12. The Labute approximate surface area is 98.4 Å². The molecule has 1 aliphatic rings. The first-order chi connectivity index (χ1) is 8.06. The predicted octanol–water partition coefficient (Wildman–Crippen LogP) is 0.964. The summed E-state index contributed by atoms with van der Waals surface area (Å²) in [4.78, 5) is 35.0. The second-order valence-electron chi connectivity index (χ2n) is 4.00. The fourth-order valence-electron chi connectivity index (χ4n) is 1.61. The lowest BCUT2D eigenvalue weighted by atomic mass is 10.1. The van der Waals surface area contributed by atoms with E-state index in [1.54, 1.807) is 0 Å². The molecule has 1 aliphatic heterocycles. The van der Waals surface area contributed by atoms with E-state index in [0.717, 1.165) is 16.0 Å². The zero-order valence-corrected chi connectivity index (χ0v) is 9.40. The van der Waals surface area contributed by atoms with E-state index >= 15 is 0 Å². The number of carbonyl (C=O) groups excluding carboxylic acids is 3. The Balaban J connectivity index is 2.12. The third-order valence-electron chi connectivity index (χ3n) is 2.57. The van der Waals surface area contributed by atoms with Gasteiger partial charge in [0, 0.05) is 0 Å². The molecule has 0 atom stereocenters. The van der Waals surface area contributed by atoms with Gasteiger partial charge in [0.25, 0.3) is 0 Å². The van der Waals surface area contributed by atoms with Gasteiger partial charge in [-0.05, 0) is 12.5 Å². The van der Waals surface area contributed by atoms with Crippen molar-refractivity contribution in [3.63, 3.8) is 0 Å². The molecule has 0 radical (unpaired) electrons. The van der Waals surface area contributed by atoms with Crippen molar-refractivity contribution in [1.29, 1.82) is 0 Å². The van der Waals surface area contributed by atoms with Gasteiger partial charge in [0.2, 0.25) is 11.8 Å². The number of carbonyl (C=O) groups is 3. The fourth-order valence-corrected chi connectivity index (χ4v) is 1.61. The van der Waals surface area contributed by atoms with Crippen molar-refractivity contribution in [2.75, 3.05) is 0 Å². The van der Waals surface area contributed by atoms with Crippen LogP contribution in [0, 0.1) is 6.92 Å². The minimum absolute atomic E-state index is 0.193. The number of urea groups is 1. The molecule has 0 spiro atoms. The van der Waals surface area contributed by atoms with Crippen molar-refractivity contribution >= 4 is 17.8 Å². The molecule has 1 heterocycles. The molecule has 1 aromatic rings. The van der Waals surface area contributed by atoms with Gasteiger partial charge >= 0.3 is 6.03 Å². The number of nitrogens with one attached hydrogen (secondary N) is 1. The number of nitrogens with zero attached hydrogens (tertiary/aromatic N) is 1. The van der Waals surface area contributed by atoms with Crippen molar-refractivity contribution in [2.24, 2.45) is 0 Å². The number of hydrogen-bond donors (Lipinski definition) is 1. The minimum Gasteiger partial charge on any atom is -0.277 e. The molecule has 17 heavy (non-hydrogen) atoms. The normalized spacial score (nSPS) is 16.1. The monoisotopic (exact) mass is 232 g/mol. The first-order valence-electron chi connectivity index (χ1n) is 5.26. The highest BCUT2D eigenvalue weighted by Crippen LogP contribution is 2.10. The van der Waals surface area contributed by atoms with Crippen LogP contribution in [-0.4, -0.2) is 22.7 Å². The van der Waals surface area contributed by atoms with Gasteiger partial charge in [0.15, 0.2) is 0 Å². The topological polar surface area (TPSA) is 66.5 Å². The van der Waals surface area contributed by atoms with E-state index in [4.69, 9.17) is 0 Å². The maximum Gasteiger partial charge on any atom is 0.331 e. The van der Waals surface area contributed by atoms with Gasteiger partial charge in [-0.3, -0.25) is 19.8 Å². The van der Waals surface area contributed by atoms with Crippen molar-refractivity contribution in [1.82, 2.24) is 10.2 Å². The van der Waals surface area contributed by atoms with E-state index in [1.807, 2.05) is 31.2 Å². The van der Waals surface area contributed by atoms with Gasteiger partial charge < -0.3 is 0 Å². The maximum absolute atomic E-state index is 11.5. The molecule has 1 saturated heterocycles. The second kappa shape index (κ2) is 4.37. The van der Waals surface area contributed by atoms with Gasteiger partial charge in [-0.2, -0.15) is 0 Å². The third-order valence-corrected chi connectivity index (χ3v) is 2.57. The molecule has 0 bridgehead atoms. The smallest absolute Gasteiger partial charge is 0.277 e. The highest BCUT2D eigenvalue weighted by molar-refractivity contribution is 6.13. The second-order valence-corrected chi connectivity index (χ2v) is 4.00. The van der Waals surface area contributed by atoms with E-state index in [0.29, 0.717) is 0 Å². The quantitative estimate of drug-likeness (QED) is 0.772. The summed E-state index contributed by atoms with van der Waals surface area (Å²) in [6, 6.07) is 6.88. The highest BCUT2D eigenvalue weighted by atomic mass is 16.2. The molecule has 1 aromatic carbocycles. The SMILES string of the molecule is Cc1ccc(CN2C(=O)CC(=O)NC2=O)cc1. The molecular formula is C12H12N2O3. The molecule has 2 rings (SSSR count). The average molecular weight is 232 g/mol. The highest BCUT2D eigenvalue weighted by Gasteiger charge is 2.30. The third kappa shape index (κ3) is 2.50. The van der Waals surface area contributed by atoms with Crippen LogP contribution in [0.2, 0.25) is 0 Å². The van der Waals surface area contributed by atoms with Crippen LogP contribution in [0.5, 0.6) is 0 Å². The zero-order valence-electron chi connectivity index (χ0n) is 9.40. The molecule has 4 amide bonds. The Morgan fingerprint density at radius 2 is 1.82 bits per heavy atom. The summed E-state index contributed by atoms with van der Waals surface area (Å²) in [6.45, 7) is 2.15. The van der Waals surface area contributed by atoms with Crippen molar-refractivity contribution < 1.29 is 14.4 Å². The minimum atomic E-state index is -0.646. The van der Waals surface area contributed by atoms with E-state index < -0.39 is 17.8 Å². The maximum atomic E-state index is 11.5. The van der Waals surface area contributed by atoms with Crippen LogP contribution in [0.3, 0.4) is 0 Å². The Hall–Kier alpha value is -2.17. The number of imide groups is 2. The lowest BCUT2D eigenvalue weighted by Crippen LogP contribution is -2.52. The summed E-state index contributed by atoms with van der Waals surface area (Å²) in [5.41, 5.74) is 1.96. The molecule has 0 aromatic heterocycles. The Bertz CT molecular complexity index is 459. The molecule has 0 unspecified atom stereocenters. The first kappa shape index (κ1) is 11.3. The van der Waals surface area contributed by atoms with Crippen LogP contribution in [0.4, 0.5) is 4.79 Å². The van der Waals surface area contributed by atoms with E-state index in [1.165, 1.54) is 0 Å². The van der Waals surface area contributed by atoms with Crippen LogP contribution < -0.4 is 5.32 Å². The summed E-state index contributed by atoms with van der Waals surface area (Å²) < 4.78 is 0. The van der Waals surface area contributed by atoms with Gasteiger partial charge in [-0.1, -0.05) is 29.8 Å². The van der Waals surface area contributed by atoms with Gasteiger partial charge in [0.1, 0.15) is 6.42 Å². The first-order valence-corrected chi connectivity index (χ1v) is 5.26. The van der Waals surface area contributed by atoms with E-state index in [9.17, 15) is 14.4 Å². The summed E-state index contributed by atoms with van der Waals surface area (Å²) >= 11 is 0. The number of barbiturate groups is 1. The fraction of sp³-hybridized carbons (Fsp3) is 0.250. The van der Waals surface area contributed by atoms with Crippen molar-refractivity contribution in [3.05, 3.63) is 35.4 Å². The predicted molar refractivity (Wildman–Crippen MR) is 59.9 cm³/mol.